The smallest absolute Gasteiger partial charge is 0.182 e. The van der Waals surface area contributed by atoms with Gasteiger partial charge in [0.2, 0.25) is 0 Å². The average Bonchev–Trinajstić information content (AvgIpc) is 2.33. The van der Waals surface area contributed by atoms with E-state index in [1.54, 1.807) is 30.3 Å². The first-order valence-electron chi connectivity index (χ1n) is 5.41. The van der Waals surface area contributed by atoms with E-state index in [4.69, 9.17) is 28.9 Å². The van der Waals surface area contributed by atoms with Gasteiger partial charge in [-0.3, -0.25) is 0 Å². The third-order valence-electron chi connectivity index (χ3n) is 2.57. The Bertz CT molecular complexity index is 714. The standard InChI is InChI=1S/C13H11Cl2NO2S/c14-10-4-5-13(15)9(6-10)8-19(17,18)12-3-1-2-11(16)7-12/h1-7H,8,16H2. The molecule has 0 aromatic heterocycles. The molecule has 0 aliphatic rings. The first kappa shape index (κ1) is 14.2. The zero-order chi connectivity index (χ0) is 14.0. The van der Waals surface area contributed by atoms with Gasteiger partial charge in [-0.2, -0.15) is 0 Å². The summed E-state index contributed by atoms with van der Waals surface area (Å²) in [7, 11) is -3.50. The summed E-state index contributed by atoms with van der Waals surface area (Å²) in [5, 5.41) is 0.819. The molecule has 0 fully saturated rings. The monoisotopic (exact) mass is 315 g/mol. The molecule has 0 bridgehead atoms. The van der Waals surface area contributed by atoms with Crippen molar-refractivity contribution < 1.29 is 8.42 Å². The molecule has 0 amide bonds. The molecule has 0 aliphatic heterocycles. The van der Waals surface area contributed by atoms with Crippen molar-refractivity contribution in [2.75, 3.05) is 5.73 Å². The quantitative estimate of drug-likeness (QED) is 0.881. The fourth-order valence-electron chi connectivity index (χ4n) is 1.65. The summed E-state index contributed by atoms with van der Waals surface area (Å²) in [6.07, 6.45) is 0. The van der Waals surface area contributed by atoms with Crippen LogP contribution in [0.25, 0.3) is 0 Å². The molecule has 3 nitrogen and oxygen atoms in total. The van der Waals surface area contributed by atoms with Gasteiger partial charge >= 0.3 is 0 Å². The van der Waals surface area contributed by atoms with Gasteiger partial charge in [0.05, 0.1) is 10.6 Å². The lowest BCUT2D eigenvalue weighted by molar-refractivity contribution is 0.595. The molecular weight excluding hydrogens is 305 g/mol. The Morgan fingerprint density at radius 1 is 1.05 bits per heavy atom. The zero-order valence-electron chi connectivity index (χ0n) is 9.81. The molecule has 2 N–H and O–H groups in total. The zero-order valence-corrected chi connectivity index (χ0v) is 12.1. The number of nitrogens with two attached hydrogens (primary N) is 1. The van der Waals surface area contributed by atoms with E-state index >= 15 is 0 Å². The largest absolute Gasteiger partial charge is 0.399 e. The molecule has 0 unspecified atom stereocenters. The van der Waals surface area contributed by atoms with Crippen LogP contribution >= 0.6 is 23.2 Å². The lowest BCUT2D eigenvalue weighted by atomic mass is 10.2. The lowest BCUT2D eigenvalue weighted by Crippen LogP contribution is -2.06. The minimum atomic E-state index is -3.50. The first-order valence-corrected chi connectivity index (χ1v) is 7.81. The number of benzene rings is 2. The summed E-state index contributed by atoms with van der Waals surface area (Å²) in [4.78, 5) is 0.170. The van der Waals surface area contributed by atoms with Crippen LogP contribution in [0.3, 0.4) is 0 Å². The molecule has 0 heterocycles. The van der Waals surface area contributed by atoms with Crippen molar-refractivity contribution in [1.29, 1.82) is 0 Å². The van der Waals surface area contributed by atoms with E-state index < -0.39 is 9.84 Å². The van der Waals surface area contributed by atoms with E-state index in [2.05, 4.69) is 0 Å². The van der Waals surface area contributed by atoms with Crippen LogP contribution in [0.2, 0.25) is 10.0 Å². The van der Waals surface area contributed by atoms with Crippen molar-refractivity contribution in [2.45, 2.75) is 10.6 Å². The SMILES string of the molecule is Nc1cccc(S(=O)(=O)Cc2cc(Cl)ccc2Cl)c1. The highest BCUT2D eigenvalue weighted by molar-refractivity contribution is 7.90. The molecule has 0 radical (unpaired) electrons. The van der Waals surface area contributed by atoms with Gasteiger partial charge in [0.15, 0.2) is 9.84 Å². The molecule has 19 heavy (non-hydrogen) atoms. The Balaban J connectivity index is 2.39. The average molecular weight is 316 g/mol. The Kier molecular flexibility index (Phi) is 4.04. The number of hydrogen-bond donors (Lipinski definition) is 1. The summed E-state index contributed by atoms with van der Waals surface area (Å²) in [6.45, 7) is 0. The van der Waals surface area contributed by atoms with Crippen molar-refractivity contribution in [3.63, 3.8) is 0 Å². The second-order valence-corrected chi connectivity index (χ2v) is 6.90. The highest BCUT2D eigenvalue weighted by Gasteiger charge is 2.17. The lowest BCUT2D eigenvalue weighted by Gasteiger charge is -2.07. The van der Waals surface area contributed by atoms with E-state index in [0.29, 0.717) is 21.3 Å². The van der Waals surface area contributed by atoms with Crippen LogP contribution in [-0.4, -0.2) is 8.42 Å². The summed E-state index contributed by atoms with van der Waals surface area (Å²) in [6, 6.07) is 10.9. The summed E-state index contributed by atoms with van der Waals surface area (Å²) in [5.41, 5.74) is 6.46. The molecule has 6 heteroatoms. The van der Waals surface area contributed by atoms with Crippen molar-refractivity contribution in [1.82, 2.24) is 0 Å². The maximum Gasteiger partial charge on any atom is 0.182 e. The third kappa shape index (κ3) is 3.41. The van der Waals surface area contributed by atoms with Gasteiger partial charge in [0.1, 0.15) is 0 Å². The van der Waals surface area contributed by atoms with E-state index in [1.165, 1.54) is 12.1 Å². The van der Waals surface area contributed by atoms with Crippen molar-refractivity contribution in [2.24, 2.45) is 0 Å². The molecule has 0 saturated heterocycles. The van der Waals surface area contributed by atoms with Gasteiger partial charge in [-0.15, -0.1) is 0 Å². The van der Waals surface area contributed by atoms with Crippen LogP contribution in [0, 0.1) is 0 Å². The van der Waals surface area contributed by atoms with Crippen LogP contribution in [0.4, 0.5) is 5.69 Å². The predicted molar refractivity (Wildman–Crippen MR) is 78.2 cm³/mol. The van der Waals surface area contributed by atoms with Gasteiger partial charge in [-0.25, -0.2) is 8.42 Å². The highest BCUT2D eigenvalue weighted by Crippen LogP contribution is 2.25. The number of nitrogen functional groups attached to an aromatic ring is 1. The Morgan fingerprint density at radius 2 is 1.79 bits per heavy atom. The maximum atomic E-state index is 12.3. The van der Waals surface area contributed by atoms with Crippen LogP contribution in [0.1, 0.15) is 5.56 Å². The molecule has 2 aromatic carbocycles. The van der Waals surface area contributed by atoms with Crippen molar-refractivity contribution >= 4 is 38.7 Å². The molecule has 2 rings (SSSR count). The molecule has 0 aliphatic carbocycles. The first-order chi connectivity index (χ1) is 8.88. The summed E-state index contributed by atoms with van der Waals surface area (Å²) in [5.74, 6) is -0.212. The van der Waals surface area contributed by atoms with Crippen molar-refractivity contribution in [3.05, 3.63) is 58.1 Å². The van der Waals surface area contributed by atoms with Gasteiger partial charge in [-0.05, 0) is 42.0 Å². The van der Waals surface area contributed by atoms with Gasteiger partial charge in [0.25, 0.3) is 0 Å². The molecule has 0 spiro atoms. The van der Waals surface area contributed by atoms with Crippen LogP contribution in [0.15, 0.2) is 47.4 Å². The van der Waals surface area contributed by atoms with Gasteiger partial charge in [-0.1, -0.05) is 29.3 Å². The van der Waals surface area contributed by atoms with Gasteiger partial charge in [0, 0.05) is 15.7 Å². The second-order valence-electron chi connectivity index (χ2n) is 4.07. The fraction of sp³-hybridized carbons (Fsp3) is 0.0769. The summed E-state index contributed by atoms with van der Waals surface area (Å²) < 4.78 is 24.5. The number of sulfone groups is 1. The molecule has 100 valence electrons. The highest BCUT2D eigenvalue weighted by atomic mass is 35.5. The van der Waals surface area contributed by atoms with Crippen molar-refractivity contribution in [3.8, 4) is 0 Å². The number of rotatable bonds is 3. The van der Waals surface area contributed by atoms with E-state index in [1.807, 2.05) is 0 Å². The predicted octanol–water partition coefficient (Wildman–Crippen LogP) is 3.55. The molecule has 0 atom stereocenters. The number of halogens is 2. The fourth-order valence-corrected chi connectivity index (χ4v) is 3.52. The topological polar surface area (TPSA) is 60.2 Å². The van der Waals surface area contributed by atoms with Crippen LogP contribution in [-0.2, 0) is 15.6 Å². The van der Waals surface area contributed by atoms with E-state index in [-0.39, 0.29) is 10.6 Å². The van der Waals surface area contributed by atoms with Crippen LogP contribution < -0.4 is 5.73 Å². The summed E-state index contributed by atoms with van der Waals surface area (Å²) >= 11 is 11.8. The maximum absolute atomic E-state index is 12.3. The van der Waals surface area contributed by atoms with Crippen LogP contribution in [0.5, 0.6) is 0 Å². The third-order valence-corrected chi connectivity index (χ3v) is 4.84. The van der Waals surface area contributed by atoms with Gasteiger partial charge < -0.3 is 5.73 Å². The second kappa shape index (κ2) is 5.41. The molecule has 0 saturated carbocycles. The Hall–Kier alpha value is -1.23. The minimum absolute atomic E-state index is 0.170. The normalized spacial score (nSPS) is 11.5. The Morgan fingerprint density at radius 3 is 2.47 bits per heavy atom. The number of anilines is 1. The molecule has 2 aromatic rings. The number of hydrogen-bond acceptors (Lipinski definition) is 3. The van der Waals surface area contributed by atoms with E-state index in [9.17, 15) is 8.42 Å². The minimum Gasteiger partial charge on any atom is -0.399 e. The Labute approximate surface area is 121 Å². The molecular formula is C13H11Cl2NO2S. The van der Waals surface area contributed by atoms with E-state index in [0.717, 1.165) is 0 Å².